The fourth-order valence-electron chi connectivity index (χ4n) is 6.65. The molecule has 0 spiro atoms. The van der Waals surface area contributed by atoms with Gasteiger partial charge in [-0.25, -0.2) is 0 Å². The Morgan fingerprint density at radius 1 is 1.30 bits per heavy atom. The molecule has 1 aromatic heterocycles. The first-order valence-corrected chi connectivity index (χ1v) is 11.0. The van der Waals surface area contributed by atoms with Crippen molar-refractivity contribution in [1.82, 2.24) is 0 Å². The van der Waals surface area contributed by atoms with Crippen LogP contribution in [0.4, 0.5) is 0 Å². The Morgan fingerprint density at radius 3 is 2.89 bits per heavy atom. The maximum atomic E-state index is 12.0. The van der Waals surface area contributed by atoms with Crippen LogP contribution in [0.15, 0.2) is 40.3 Å². The van der Waals surface area contributed by atoms with E-state index in [1.54, 1.807) is 5.57 Å². The molecule has 27 heavy (non-hydrogen) atoms. The maximum Gasteiger partial charge on any atom is 0.156 e. The summed E-state index contributed by atoms with van der Waals surface area (Å²) in [5.41, 5.74) is 3.08. The molecule has 4 aliphatic carbocycles. The van der Waals surface area contributed by atoms with Gasteiger partial charge in [0.2, 0.25) is 0 Å². The molecule has 0 aliphatic heterocycles. The minimum Gasteiger partial charge on any atom is -0.377 e. The van der Waals surface area contributed by atoms with E-state index in [4.69, 9.17) is 6.42 Å². The second-order valence-corrected chi connectivity index (χ2v) is 10.0. The molecule has 0 amide bonds. The van der Waals surface area contributed by atoms with Gasteiger partial charge in [-0.1, -0.05) is 24.5 Å². The molecule has 1 N–H and O–H groups in total. The van der Waals surface area contributed by atoms with E-state index in [9.17, 15) is 9.90 Å². The lowest BCUT2D eigenvalue weighted by atomic mass is 9.52. The molecule has 2 fully saturated rings. The fraction of sp³-hybridized carbons (Fsp3) is 0.542. The van der Waals surface area contributed by atoms with E-state index in [2.05, 4.69) is 30.4 Å². The average Bonchev–Trinajstić information content (AvgIpc) is 3.28. The van der Waals surface area contributed by atoms with Crippen molar-refractivity contribution in [2.45, 2.75) is 63.4 Å². The second-order valence-electron chi connectivity index (χ2n) is 9.05. The minimum atomic E-state index is -0.998. The van der Waals surface area contributed by atoms with Gasteiger partial charge in [0.1, 0.15) is 5.60 Å². The lowest BCUT2D eigenvalue weighted by Gasteiger charge is -2.53. The molecule has 5 atom stereocenters. The summed E-state index contributed by atoms with van der Waals surface area (Å²) in [4.78, 5) is 13.4. The monoisotopic (exact) mass is 378 g/mol. The Morgan fingerprint density at radius 2 is 2.15 bits per heavy atom. The van der Waals surface area contributed by atoms with Gasteiger partial charge in [-0.15, -0.1) is 17.8 Å². The summed E-state index contributed by atoms with van der Waals surface area (Å²) < 4.78 is 0. The van der Waals surface area contributed by atoms with Crippen LogP contribution in [0.5, 0.6) is 0 Å². The first-order valence-electron chi connectivity index (χ1n) is 10.2. The largest absolute Gasteiger partial charge is 0.377 e. The third kappa shape index (κ3) is 2.33. The summed E-state index contributed by atoms with van der Waals surface area (Å²) in [6.45, 7) is 2.24. The SMILES string of the molecule is C#C[C@]1(O)CCC2C3CCC4=CC(=O)CCC4=C3[C@@H](c3cccs3)C[C@@]21C. The molecule has 0 radical (unpaired) electrons. The van der Waals surface area contributed by atoms with Crippen molar-refractivity contribution < 1.29 is 9.90 Å². The minimum absolute atomic E-state index is 0.239. The van der Waals surface area contributed by atoms with E-state index in [-0.39, 0.29) is 11.2 Å². The Balaban J connectivity index is 1.70. The predicted octanol–water partition coefficient (Wildman–Crippen LogP) is 5.01. The number of thiophene rings is 1. The molecular formula is C24H26O2S. The number of carbonyl (C=O) groups is 1. The number of hydrogen-bond acceptors (Lipinski definition) is 3. The van der Waals surface area contributed by atoms with Crippen LogP contribution in [0.1, 0.15) is 62.7 Å². The summed E-state index contributed by atoms with van der Waals surface area (Å²) in [6.07, 6.45) is 14.0. The first-order chi connectivity index (χ1) is 13.0. The molecule has 1 aromatic rings. The number of terminal acetylenes is 1. The van der Waals surface area contributed by atoms with Crippen LogP contribution in [-0.4, -0.2) is 16.5 Å². The van der Waals surface area contributed by atoms with Crippen molar-refractivity contribution in [3.8, 4) is 12.3 Å². The Labute approximate surface area is 165 Å². The normalized spacial score (nSPS) is 40.7. The molecule has 2 saturated carbocycles. The van der Waals surface area contributed by atoms with Crippen LogP contribution in [0.3, 0.4) is 0 Å². The fourth-order valence-corrected chi connectivity index (χ4v) is 7.49. The summed E-state index contributed by atoms with van der Waals surface area (Å²) in [6, 6.07) is 4.36. The summed E-state index contributed by atoms with van der Waals surface area (Å²) in [7, 11) is 0. The molecule has 140 valence electrons. The highest BCUT2D eigenvalue weighted by Crippen LogP contribution is 2.66. The highest BCUT2D eigenvalue weighted by atomic mass is 32.1. The number of fused-ring (bicyclic) bond motifs is 4. The number of ketones is 1. The van der Waals surface area contributed by atoms with Crippen LogP contribution in [0.25, 0.3) is 0 Å². The van der Waals surface area contributed by atoms with E-state index in [1.807, 2.05) is 17.4 Å². The molecule has 0 saturated heterocycles. The highest BCUT2D eigenvalue weighted by molar-refractivity contribution is 7.10. The van der Waals surface area contributed by atoms with Crippen LogP contribution in [-0.2, 0) is 4.79 Å². The van der Waals surface area contributed by atoms with Gasteiger partial charge in [-0.05, 0) is 79.0 Å². The zero-order chi connectivity index (χ0) is 18.8. The Hall–Kier alpha value is -1.63. The zero-order valence-electron chi connectivity index (χ0n) is 15.8. The van der Waals surface area contributed by atoms with Gasteiger partial charge in [0.25, 0.3) is 0 Å². The predicted molar refractivity (Wildman–Crippen MR) is 108 cm³/mol. The molecule has 2 unspecified atom stereocenters. The van der Waals surface area contributed by atoms with Crippen molar-refractivity contribution >= 4 is 17.1 Å². The number of aliphatic hydroxyl groups is 1. The van der Waals surface area contributed by atoms with E-state index in [0.717, 1.165) is 32.1 Å². The van der Waals surface area contributed by atoms with Crippen molar-refractivity contribution in [2.75, 3.05) is 0 Å². The second kappa shape index (κ2) is 5.93. The number of carbonyl (C=O) groups excluding carboxylic acids is 1. The van der Waals surface area contributed by atoms with Gasteiger partial charge in [0.05, 0.1) is 0 Å². The molecular weight excluding hydrogens is 352 g/mol. The van der Waals surface area contributed by atoms with E-state index in [1.165, 1.54) is 16.0 Å². The highest BCUT2D eigenvalue weighted by Gasteiger charge is 2.62. The molecule has 1 heterocycles. The average molecular weight is 379 g/mol. The topological polar surface area (TPSA) is 37.3 Å². The first kappa shape index (κ1) is 17.5. The standard InChI is InChI=1S/C24H26O2S/c1-3-24(26)11-10-20-18-8-6-15-13-16(25)7-9-17(15)22(18)19(14-23(20,24)2)21-5-4-12-27-21/h1,4-5,12-13,18-20,26H,6-11,14H2,2H3/t18?,19-,20?,23+,24+/m1/s1. The van der Waals surface area contributed by atoms with Crippen LogP contribution in [0.2, 0.25) is 0 Å². The van der Waals surface area contributed by atoms with Crippen molar-refractivity contribution in [1.29, 1.82) is 0 Å². The third-order valence-electron chi connectivity index (χ3n) is 8.01. The van der Waals surface area contributed by atoms with E-state index >= 15 is 0 Å². The summed E-state index contributed by atoms with van der Waals surface area (Å²) in [5, 5.41) is 13.5. The van der Waals surface area contributed by atoms with E-state index < -0.39 is 5.60 Å². The van der Waals surface area contributed by atoms with Crippen LogP contribution < -0.4 is 0 Å². The molecule has 4 aliphatic rings. The molecule has 0 aromatic carbocycles. The number of rotatable bonds is 1. The molecule has 3 heteroatoms. The van der Waals surface area contributed by atoms with Gasteiger partial charge in [-0.3, -0.25) is 4.79 Å². The number of hydrogen-bond donors (Lipinski definition) is 1. The molecule has 0 bridgehead atoms. The van der Waals surface area contributed by atoms with Crippen LogP contribution >= 0.6 is 11.3 Å². The van der Waals surface area contributed by atoms with Crippen LogP contribution in [0, 0.1) is 29.6 Å². The van der Waals surface area contributed by atoms with Gasteiger partial charge >= 0.3 is 0 Å². The number of allylic oxidation sites excluding steroid dienone is 4. The smallest absolute Gasteiger partial charge is 0.156 e. The summed E-state index contributed by atoms with van der Waals surface area (Å²) >= 11 is 1.81. The van der Waals surface area contributed by atoms with Crippen molar-refractivity contribution in [3.63, 3.8) is 0 Å². The van der Waals surface area contributed by atoms with E-state index in [0.29, 0.717) is 30.6 Å². The lowest BCUT2D eigenvalue weighted by Crippen LogP contribution is -2.50. The Bertz CT molecular complexity index is 899. The van der Waals surface area contributed by atoms with Gasteiger partial charge in [0, 0.05) is 22.6 Å². The third-order valence-corrected chi connectivity index (χ3v) is 9.00. The van der Waals surface area contributed by atoms with Gasteiger partial charge in [0.15, 0.2) is 5.78 Å². The molecule has 2 nitrogen and oxygen atoms in total. The molecule has 5 rings (SSSR count). The van der Waals surface area contributed by atoms with Crippen molar-refractivity contribution in [3.05, 3.63) is 45.2 Å². The summed E-state index contributed by atoms with van der Waals surface area (Å²) in [5.74, 6) is 4.32. The zero-order valence-corrected chi connectivity index (χ0v) is 16.6. The van der Waals surface area contributed by atoms with Crippen molar-refractivity contribution in [2.24, 2.45) is 17.3 Å². The Kier molecular flexibility index (Phi) is 3.84. The maximum absolute atomic E-state index is 12.0. The lowest BCUT2D eigenvalue weighted by molar-refractivity contribution is -0.114. The quantitative estimate of drug-likeness (QED) is 0.697. The van der Waals surface area contributed by atoms with Gasteiger partial charge < -0.3 is 5.11 Å². The van der Waals surface area contributed by atoms with Gasteiger partial charge in [-0.2, -0.15) is 0 Å².